The summed E-state index contributed by atoms with van der Waals surface area (Å²) in [5, 5.41) is 0. The van der Waals surface area contributed by atoms with Crippen molar-refractivity contribution < 1.29 is 9.00 Å². The van der Waals surface area contributed by atoms with Gasteiger partial charge in [0.05, 0.1) is 4.08 Å². The van der Waals surface area contributed by atoms with E-state index in [1.54, 1.807) is 23.5 Å². The van der Waals surface area contributed by atoms with Crippen molar-refractivity contribution in [3.05, 3.63) is 0 Å². The summed E-state index contributed by atoms with van der Waals surface area (Å²) in [5.41, 5.74) is 0. The Kier molecular flexibility index (Phi) is 9.70. The van der Waals surface area contributed by atoms with E-state index in [1.165, 1.54) is 0 Å². The Labute approximate surface area is 123 Å². The lowest BCUT2D eigenvalue weighted by Crippen LogP contribution is -2.34. The molecule has 3 atom stereocenters. The van der Waals surface area contributed by atoms with Gasteiger partial charge in [-0.05, 0) is 25.4 Å². The second-order valence-electron chi connectivity index (χ2n) is 4.38. The fourth-order valence-corrected chi connectivity index (χ4v) is 5.90. The molecule has 0 amide bonds. The standard InChI is InChI=1S/C13H26O2S3/c1-6-12(14)11(10-16-5)9-13(4,17-7-2)18(15)8-3/h11H,6-10H2,1-5H3. The van der Waals surface area contributed by atoms with E-state index in [0.29, 0.717) is 18.0 Å². The summed E-state index contributed by atoms with van der Waals surface area (Å²) in [6, 6.07) is 0. The van der Waals surface area contributed by atoms with Crippen molar-refractivity contribution in [3.8, 4) is 0 Å². The lowest BCUT2D eigenvalue weighted by atomic mass is 9.98. The van der Waals surface area contributed by atoms with Crippen molar-refractivity contribution in [2.45, 2.75) is 44.6 Å². The predicted octanol–water partition coefficient (Wildman–Crippen LogP) is 3.57. The molecular weight excluding hydrogens is 284 g/mol. The summed E-state index contributed by atoms with van der Waals surface area (Å²) in [6.07, 6.45) is 3.34. The zero-order valence-corrected chi connectivity index (χ0v) is 14.6. The van der Waals surface area contributed by atoms with Gasteiger partial charge in [-0.15, -0.1) is 11.8 Å². The van der Waals surface area contributed by atoms with Crippen LogP contribution in [0.15, 0.2) is 0 Å². The maximum absolute atomic E-state index is 12.2. The largest absolute Gasteiger partial charge is 0.299 e. The molecular formula is C13H26O2S3. The van der Waals surface area contributed by atoms with Gasteiger partial charge in [-0.3, -0.25) is 9.00 Å². The molecule has 0 rings (SSSR count). The highest BCUT2D eigenvalue weighted by atomic mass is 32.2. The second kappa shape index (κ2) is 9.43. The predicted molar refractivity (Wildman–Crippen MR) is 87.0 cm³/mol. The first-order valence-corrected chi connectivity index (χ1v) is 10.2. The summed E-state index contributed by atoms with van der Waals surface area (Å²) in [6.45, 7) is 8.00. The molecule has 0 fully saturated rings. The third-order valence-corrected chi connectivity index (χ3v) is 7.35. The third kappa shape index (κ3) is 5.66. The van der Waals surface area contributed by atoms with Crippen LogP contribution >= 0.6 is 23.5 Å². The summed E-state index contributed by atoms with van der Waals surface area (Å²) in [5.74, 6) is 2.79. The number of carbonyl (C=O) groups excluding carboxylic acids is 1. The van der Waals surface area contributed by atoms with Crippen molar-refractivity contribution in [3.63, 3.8) is 0 Å². The molecule has 18 heavy (non-hydrogen) atoms. The molecule has 0 aliphatic heterocycles. The van der Waals surface area contributed by atoms with Crippen LogP contribution in [0, 0.1) is 5.92 Å². The molecule has 0 spiro atoms. The van der Waals surface area contributed by atoms with Crippen molar-refractivity contribution in [2.75, 3.05) is 23.5 Å². The van der Waals surface area contributed by atoms with Gasteiger partial charge in [0.25, 0.3) is 0 Å². The second-order valence-corrected chi connectivity index (χ2v) is 9.48. The molecule has 0 aliphatic rings. The van der Waals surface area contributed by atoms with Crippen LogP contribution in [0.2, 0.25) is 0 Å². The van der Waals surface area contributed by atoms with Gasteiger partial charge in [0.1, 0.15) is 5.78 Å². The molecule has 5 heteroatoms. The van der Waals surface area contributed by atoms with Gasteiger partial charge in [0.15, 0.2) is 0 Å². The van der Waals surface area contributed by atoms with Gasteiger partial charge in [-0.1, -0.05) is 20.8 Å². The zero-order chi connectivity index (χ0) is 14.2. The molecule has 0 heterocycles. The summed E-state index contributed by atoms with van der Waals surface area (Å²) < 4.78 is 12.0. The maximum atomic E-state index is 12.2. The van der Waals surface area contributed by atoms with Crippen LogP contribution in [0.4, 0.5) is 0 Å². The van der Waals surface area contributed by atoms with Crippen molar-refractivity contribution >= 4 is 40.1 Å². The molecule has 0 bridgehead atoms. The van der Waals surface area contributed by atoms with Crippen molar-refractivity contribution in [1.29, 1.82) is 0 Å². The molecule has 0 aromatic heterocycles. The first-order valence-electron chi connectivity index (χ1n) is 6.49. The topological polar surface area (TPSA) is 34.1 Å². The Balaban J connectivity index is 4.90. The quantitative estimate of drug-likeness (QED) is 0.618. The highest BCUT2D eigenvalue weighted by Crippen LogP contribution is 2.36. The molecule has 0 aromatic carbocycles. The number of carbonyl (C=O) groups is 1. The molecule has 108 valence electrons. The molecule has 0 N–H and O–H groups in total. The highest BCUT2D eigenvalue weighted by molar-refractivity contribution is 8.12. The number of hydrogen-bond donors (Lipinski definition) is 0. The van der Waals surface area contributed by atoms with E-state index in [1.807, 2.05) is 20.1 Å². The van der Waals surface area contributed by atoms with E-state index in [9.17, 15) is 9.00 Å². The lowest BCUT2D eigenvalue weighted by Gasteiger charge is -2.31. The lowest BCUT2D eigenvalue weighted by molar-refractivity contribution is -0.122. The smallest absolute Gasteiger partial charge is 0.136 e. The molecule has 0 saturated carbocycles. The Hall–Kier alpha value is 0.520. The number of thioether (sulfide) groups is 2. The molecule has 0 radical (unpaired) electrons. The van der Waals surface area contributed by atoms with Crippen LogP contribution in [-0.2, 0) is 15.6 Å². The van der Waals surface area contributed by atoms with Gasteiger partial charge in [0, 0.05) is 34.6 Å². The number of rotatable bonds is 10. The van der Waals surface area contributed by atoms with E-state index in [4.69, 9.17) is 0 Å². The van der Waals surface area contributed by atoms with Crippen LogP contribution in [-0.4, -0.2) is 37.6 Å². The average Bonchev–Trinajstić information content (AvgIpc) is 2.36. The Morgan fingerprint density at radius 2 is 1.94 bits per heavy atom. The monoisotopic (exact) mass is 310 g/mol. The van der Waals surface area contributed by atoms with Crippen molar-refractivity contribution in [2.24, 2.45) is 5.92 Å². The van der Waals surface area contributed by atoms with Crippen LogP contribution in [0.1, 0.15) is 40.5 Å². The Morgan fingerprint density at radius 1 is 1.33 bits per heavy atom. The van der Waals surface area contributed by atoms with Gasteiger partial charge in [-0.2, -0.15) is 11.8 Å². The van der Waals surface area contributed by atoms with Crippen molar-refractivity contribution in [1.82, 2.24) is 0 Å². The van der Waals surface area contributed by atoms with Gasteiger partial charge < -0.3 is 0 Å². The number of hydrogen-bond acceptors (Lipinski definition) is 4. The minimum absolute atomic E-state index is 0.0459. The first kappa shape index (κ1) is 18.5. The summed E-state index contributed by atoms with van der Waals surface area (Å²) in [7, 11) is -0.871. The molecule has 0 saturated heterocycles. The van der Waals surface area contributed by atoms with E-state index in [0.717, 1.165) is 17.9 Å². The molecule has 3 unspecified atom stereocenters. The van der Waals surface area contributed by atoms with E-state index < -0.39 is 10.8 Å². The minimum atomic E-state index is -0.871. The fraction of sp³-hybridized carbons (Fsp3) is 0.923. The van der Waals surface area contributed by atoms with Gasteiger partial charge >= 0.3 is 0 Å². The third-order valence-electron chi connectivity index (χ3n) is 2.98. The normalized spacial score (nSPS) is 18.1. The average molecular weight is 311 g/mol. The van der Waals surface area contributed by atoms with E-state index in [-0.39, 0.29) is 10.00 Å². The zero-order valence-electron chi connectivity index (χ0n) is 12.2. The molecule has 0 aliphatic carbocycles. The van der Waals surface area contributed by atoms with Crippen LogP contribution in [0.3, 0.4) is 0 Å². The maximum Gasteiger partial charge on any atom is 0.136 e. The van der Waals surface area contributed by atoms with E-state index >= 15 is 0 Å². The SMILES string of the molecule is CCSC(C)(CC(CSC)C(=O)CC)S(=O)CC. The molecule has 2 nitrogen and oxygen atoms in total. The first-order chi connectivity index (χ1) is 8.45. The van der Waals surface area contributed by atoms with Gasteiger partial charge in [0.2, 0.25) is 0 Å². The van der Waals surface area contributed by atoms with Crippen LogP contribution in [0.25, 0.3) is 0 Å². The van der Waals surface area contributed by atoms with Crippen LogP contribution < -0.4 is 0 Å². The minimum Gasteiger partial charge on any atom is -0.299 e. The Morgan fingerprint density at radius 3 is 2.33 bits per heavy atom. The molecule has 0 aromatic rings. The highest BCUT2D eigenvalue weighted by Gasteiger charge is 2.35. The summed E-state index contributed by atoms with van der Waals surface area (Å²) in [4.78, 5) is 12.0. The van der Waals surface area contributed by atoms with Gasteiger partial charge in [-0.25, -0.2) is 0 Å². The van der Waals surface area contributed by atoms with Crippen LogP contribution in [0.5, 0.6) is 0 Å². The Bertz CT molecular complexity index is 281. The fourth-order valence-electron chi connectivity index (χ4n) is 2.03. The summed E-state index contributed by atoms with van der Waals surface area (Å²) >= 11 is 3.43. The number of Topliss-reactive ketones (excluding diaryl/α,β-unsaturated/α-hetero) is 1. The van der Waals surface area contributed by atoms with E-state index in [2.05, 4.69) is 13.8 Å². The number of ketones is 1.